The summed E-state index contributed by atoms with van der Waals surface area (Å²) in [7, 11) is 0. The first-order valence-corrected chi connectivity index (χ1v) is 17.3. The van der Waals surface area contributed by atoms with Crippen molar-refractivity contribution in [1.29, 1.82) is 0 Å². The molecular formula is C36H38ClFN8O3. The molecule has 4 aromatic rings. The van der Waals surface area contributed by atoms with Crippen LogP contribution in [0.15, 0.2) is 37.1 Å². The number of H-pyrrole nitrogens is 1. The predicted octanol–water partition coefficient (Wildman–Crippen LogP) is 5.75. The Hall–Kier alpha value is -4.47. The lowest BCUT2D eigenvalue weighted by Gasteiger charge is -2.39. The number of rotatable bonds is 9. The summed E-state index contributed by atoms with van der Waals surface area (Å²) in [6, 6.07) is 5.72. The summed E-state index contributed by atoms with van der Waals surface area (Å²) in [6.07, 6.45) is 6.35. The van der Waals surface area contributed by atoms with Gasteiger partial charge in [0.15, 0.2) is 5.75 Å². The molecule has 3 saturated heterocycles. The molecule has 1 N–H and O–H groups in total. The van der Waals surface area contributed by atoms with E-state index in [4.69, 9.17) is 37.6 Å². The molecule has 0 radical (unpaired) electrons. The lowest BCUT2D eigenvalue weighted by atomic mass is 9.94. The van der Waals surface area contributed by atoms with Crippen molar-refractivity contribution in [2.75, 3.05) is 50.8 Å². The topological polar surface area (TPSA) is 104 Å². The standard InChI is InChI=1S/C36H38ClFN8O3/c1-4-29(47)46-13-12-44(19-23(46)16-39-3)34-25-14-27(37)31(30-21(2)6-9-28-26(30)17-40-43-28)33(49-24-7-8-24)32(25)41-35(42-34)48-20-36-10-5-11-45(36)18-22(38)15-36/h4,6,9,14,17,22-24H,1,5,7-8,10-13,15-16,18-20H2,2H3,(H,40,43)/t22-,23+,36+/m1/s1. The Labute approximate surface area is 288 Å². The largest absolute Gasteiger partial charge is 0.487 e. The molecule has 49 heavy (non-hydrogen) atoms. The maximum Gasteiger partial charge on any atom is 0.319 e. The van der Waals surface area contributed by atoms with E-state index in [1.54, 1.807) is 11.1 Å². The zero-order chi connectivity index (χ0) is 33.9. The minimum absolute atomic E-state index is 0.0227. The van der Waals surface area contributed by atoms with E-state index in [0.29, 0.717) is 60.1 Å². The fourth-order valence-electron chi connectivity index (χ4n) is 8.00. The number of alkyl halides is 1. The molecule has 1 saturated carbocycles. The number of piperazine rings is 1. The molecule has 254 valence electrons. The van der Waals surface area contributed by atoms with E-state index in [1.165, 1.54) is 6.08 Å². The number of amides is 1. The number of fused-ring (bicyclic) bond motifs is 3. The normalized spacial score (nSPS) is 24.0. The summed E-state index contributed by atoms with van der Waals surface area (Å²) in [5, 5.41) is 9.46. The second-order valence-corrected chi connectivity index (χ2v) is 14.1. The highest BCUT2D eigenvalue weighted by molar-refractivity contribution is 6.35. The van der Waals surface area contributed by atoms with Crippen molar-refractivity contribution in [2.45, 2.75) is 62.9 Å². The SMILES string of the molecule is [C-]#[N+]C[C@H]1CN(c2nc(OC[C@@]34CCCN3C[C@H](F)C4)nc3c(OC4CC4)c(-c4c(C)ccc5[nH]ncc45)c(Cl)cc23)CCN1C(=O)C=C. The molecule has 1 aliphatic carbocycles. The van der Waals surface area contributed by atoms with Gasteiger partial charge in [0.2, 0.25) is 12.5 Å². The molecule has 0 unspecified atom stereocenters. The number of hydrogen-bond acceptors (Lipinski definition) is 8. The highest BCUT2D eigenvalue weighted by Crippen LogP contribution is 2.49. The van der Waals surface area contributed by atoms with Crippen molar-refractivity contribution in [3.05, 3.63) is 59.1 Å². The Morgan fingerprint density at radius 3 is 2.88 bits per heavy atom. The zero-order valence-corrected chi connectivity index (χ0v) is 28.2. The third-order valence-corrected chi connectivity index (χ3v) is 10.8. The van der Waals surface area contributed by atoms with Gasteiger partial charge >= 0.3 is 6.01 Å². The van der Waals surface area contributed by atoms with Crippen molar-refractivity contribution in [3.63, 3.8) is 0 Å². The third-order valence-electron chi connectivity index (χ3n) is 10.5. The lowest BCUT2D eigenvalue weighted by molar-refractivity contribution is -0.128. The van der Waals surface area contributed by atoms with Crippen LogP contribution in [-0.2, 0) is 4.79 Å². The molecule has 0 spiro atoms. The van der Waals surface area contributed by atoms with E-state index in [2.05, 4.69) is 31.4 Å². The molecule has 11 nitrogen and oxygen atoms in total. The number of carbonyl (C=O) groups excluding carboxylic acids is 1. The Balaban J connectivity index is 1.29. The van der Waals surface area contributed by atoms with Gasteiger partial charge in [-0.2, -0.15) is 15.1 Å². The third kappa shape index (κ3) is 5.63. The summed E-state index contributed by atoms with van der Waals surface area (Å²) in [5.41, 5.74) is 3.70. The molecule has 5 heterocycles. The van der Waals surface area contributed by atoms with Gasteiger partial charge in [-0.05, 0) is 62.9 Å². The predicted molar refractivity (Wildman–Crippen MR) is 186 cm³/mol. The minimum atomic E-state index is -0.886. The first-order chi connectivity index (χ1) is 23.8. The van der Waals surface area contributed by atoms with E-state index >= 15 is 0 Å². The molecule has 13 heteroatoms. The highest BCUT2D eigenvalue weighted by atomic mass is 35.5. The Kier molecular flexibility index (Phi) is 8.07. The van der Waals surface area contributed by atoms with Gasteiger partial charge in [0.25, 0.3) is 0 Å². The average molecular weight is 685 g/mol. The monoisotopic (exact) mass is 684 g/mol. The smallest absolute Gasteiger partial charge is 0.319 e. The highest BCUT2D eigenvalue weighted by Gasteiger charge is 2.49. The van der Waals surface area contributed by atoms with Gasteiger partial charge in [-0.1, -0.05) is 24.2 Å². The van der Waals surface area contributed by atoms with Gasteiger partial charge in [-0.15, -0.1) is 0 Å². The van der Waals surface area contributed by atoms with Crippen LogP contribution in [0.1, 0.15) is 37.7 Å². The number of benzene rings is 2. The molecule has 4 aliphatic rings. The van der Waals surface area contributed by atoms with Gasteiger partial charge in [-0.3, -0.25) is 14.8 Å². The number of hydrogen-bond donors (Lipinski definition) is 1. The summed E-state index contributed by atoms with van der Waals surface area (Å²) < 4.78 is 27.9. The Bertz CT molecular complexity index is 2010. The van der Waals surface area contributed by atoms with Gasteiger partial charge < -0.3 is 24.1 Å². The number of nitrogens with zero attached hydrogens (tertiary/aromatic N) is 7. The molecule has 3 atom stereocenters. The van der Waals surface area contributed by atoms with Crippen molar-refractivity contribution in [2.24, 2.45) is 0 Å². The van der Waals surface area contributed by atoms with Gasteiger partial charge in [0.1, 0.15) is 30.2 Å². The van der Waals surface area contributed by atoms with Crippen molar-refractivity contribution in [3.8, 4) is 22.9 Å². The van der Waals surface area contributed by atoms with Gasteiger partial charge in [0, 0.05) is 54.5 Å². The maximum atomic E-state index is 14.7. The number of aryl methyl sites for hydroxylation is 1. The molecule has 4 fully saturated rings. The van der Waals surface area contributed by atoms with Crippen LogP contribution in [0, 0.1) is 13.5 Å². The summed E-state index contributed by atoms with van der Waals surface area (Å²) >= 11 is 7.26. The number of nitrogens with one attached hydrogen (secondary N) is 1. The van der Waals surface area contributed by atoms with Crippen LogP contribution in [0.4, 0.5) is 10.2 Å². The summed E-state index contributed by atoms with van der Waals surface area (Å²) in [5.74, 6) is 0.937. The van der Waals surface area contributed by atoms with Gasteiger partial charge in [0.05, 0.1) is 28.4 Å². The number of aromatic amines is 1. The van der Waals surface area contributed by atoms with Crippen molar-refractivity contribution in [1.82, 2.24) is 30.0 Å². The Morgan fingerprint density at radius 2 is 2.08 bits per heavy atom. The van der Waals surface area contributed by atoms with Crippen LogP contribution < -0.4 is 14.4 Å². The van der Waals surface area contributed by atoms with Crippen LogP contribution in [0.2, 0.25) is 5.02 Å². The van der Waals surface area contributed by atoms with Crippen LogP contribution in [0.3, 0.4) is 0 Å². The van der Waals surface area contributed by atoms with E-state index in [0.717, 1.165) is 59.8 Å². The number of ether oxygens (including phenoxy) is 2. The van der Waals surface area contributed by atoms with E-state index < -0.39 is 6.17 Å². The quantitative estimate of drug-likeness (QED) is 0.176. The molecular weight excluding hydrogens is 647 g/mol. The summed E-state index contributed by atoms with van der Waals surface area (Å²) in [6.45, 7) is 16.2. The second kappa shape index (κ2) is 12.4. The zero-order valence-electron chi connectivity index (χ0n) is 27.4. The average Bonchev–Trinajstić information content (AvgIpc) is 3.48. The first kappa shape index (κ1) is 31.8. The second-order valence-electron chi connectivity index (χ2n) is 13.7. The fourth-order valence-corrected chi connectivity index (χ4v) is 8.29. The molecule has 8 rings (SSSR count). The molecule has 2 aromatic carbocycles. The molecule has 1 amide bonds. The maximum absolute atomic E-state index is 14.7. The molecule has 0 bridgehead atoms. The number of anilines is 1. The first-order valence-electron chi connectivity index (χ1n) is 17.0. The number of carbonyl (C=O) groups is 1. The van der Waals surface area contributed by atoms with Crippen LogP contribution in [-0.4, -0.2) is 106 Å². The molecule has 3 aliphatic heterocycles. The van der Waals surface area contributed by atoms with Crippen LogP contribution in [0.25, 0.3) is 37.8 Å². The summed E-state index contributed by atoms with van der Waals surface area (Å²) in [4.78, 5) is 32.4. The lowest BCUT2D eigenvalue weighted by Crippen LogP contribution is -2.56. The van der Waals surface area contributed by atoms with Crippen molar-refractivity contribution < 1.29 is 18.7 Å². The van der Waals surface area contributed by atoms with E-state index in [1.807, 2.05) is 25.1 Å². The minimum Gasteiger partial charge on any atom is -0.487 e. The van der Waals surface area contributed by atoms with Gasteiger partial charge in [-0.25, -0.2) is 11.0 Å². The number of halogens is 2. The van der Waals surface area contributed by atoms with Crippen LogP contribution in [0.5, 0.6) is 11.8 Å². The molecule has 2 aromatic heterocycles. The van der Waals surface area contributed by atoms with E-state index in [-0.39, 0.29) is 42.8 Å². The number of aromatic nitrogens is 4. The van der Waals surface area contributed by atoms with E-state index in [9.17, 15) is 9.18 Å². The Morgan fingerprint density at radius 1 is 1.22 bits per heavy atom. The van der Waals surface area contributed by atoms with Crippen LogP contribution >= 0.6 is 11.6 Å². The van der Waals surface area contributed by atoms with Crippen molar-refractivity contribution >= 4 is 45.1 Å². The fraction of sp³-hybridized carbons (Fsp3) is 0.472.